The molecule has 0 atom stereocenters. The van der Waals surface area contributed by atoms with E-state index in [-0.39, 0.29) is 6.61 Å². The van der Waals surface area contributed by atoms with Gasteiger partial charge < -0.3 is 4.90 Å². The summed E-state index contributed by atoms with van der Waals surface area (Å²) in [6.45, 7) is 12.7. The fourth-order valence-corrected chi connectivity index (χ4v) is 3.47. The molecule has 0 radical (unpaired) electrons. The Hall–Kier alpha value is -0.610. The van der Waals surface area contributed by atoms with Crippen LogP contribution in [-0.4, -0.2) is 35.8 Å². The minimum atomic E-state index is -3.60. The van der Waals surface area contributed by atoms with Crippen LogP contribution >= 0.6 is 7.82 Å². The lowest BCUT2D eigenvalue weighted by molar-refractivity contribution is 0.00218. The minimum absolute atomic E-state index is 0.279. The topological polar surface area (TPSA) is 48.0 Å². The van der Waals surface area contributed by atoms with Crippen molar-refractivity contribution in [3.8, 4) is 0 Å². The number of hydrogen-bond donors (Lipinski definition) is 0. The molecule has 1 aliphatic rings. The molecule has 0 bridgehead atoms. The van der Waals surface area contributed by atoms with Crippen molar-refractivity contribution in [2.45, 2.75) is 52.7 Å². The second-order valence-electron chi connectivity index (χ2n) is 6.95. The second-order valence-corrected chi connectivity index (χ2v) is 8.47. The highest BCUT2D eigenvalue weighted by Crippen LogP contribution is 2.55. The van der Waals surface area contributed by atoms with Crippen molar-refractivity contribution < 1.29 is 18.1 Å². The molecule has 122 valence electrons. The van der Waals surface area contributed by atoms with Crippen LogP contribution in [0.1, 0.15) is 41.5 Å². The summed E-state index contributed by atoms with van der Waals surface area (Å²) < 4.78 is 29.4. The van der Waals surface area contributed by atoms with Gasteiger partial charge in [0.15, 0.2) is 0 Å². The Kier molecular flexibility index (Phi) is 6.23. The van der Waals surface area contributed by atoms with Gasteiger partial charge in [-0.2, -0.15) is 0 Å². The van der Waals surface area contributed by atoms with Gasteiger partial charge >= 0.3 is 7.82 Å². The summed E-state index contributed by atoms with van der Waals surface area (Å²) in [6, 6.07) is 0. The molecule has 1 aliphatic heterocycles. The highest BCUT2D eigenvalue weighted by molar-refractivity contribution is 7.48. The van der Waals surface area contributed by atoms with Crippen LogP contribution in [0.5, 0.6) is 0 Å². The van der Waals surface area contributed by atoms with E-state index in [1.807, 2.05) is 59.9 Å². The number of hydrogen-bond acceptors (Lipinski definition) is 5. The SMILES string of the molecule is CC(C)(C)OP(=O)(OCCN1C=CC=CC1)OC(C)(C)C. The van der Waals surface area contributed by atoms with Crippen LogP contribution in [0.25, 0.3) is 0 Å². The Labute approximate surface area is 128 Å². The number of allylic oxidation sites excluding steroid dienone is 2. The predicted molar refractivity (Wildman–Crippen MR) is 85.1 cm³/mol. The van der Waals surface area contributed by atoms with Crippen molar-refractivity contribution in [3.05, 3.63) is 24.4 Å². The summed E-state index contributed by atoms with van der Waals surface area (Å²) in [5, 5.41) is 0. The highest BCUT2D eigenvalue weighted by Gasteiger charge is 2.37. The Morgan fingerprint density at radius 2 is 1.62 bits per heavy atom. The maximum Gasteiger partial charge on any atom is 0.475 e. The third kappa shape index (κ3) is 8.42. The summed E-state index contributed by atoms with van der Waals surface area (Å²) in [4.78, 5) is 2.07. The first kappa shape index (κ1) is 18.4. The molecule has 0 N–H and O–H groups in total. The van der Waals surface area contributed by atoms with Gasteiger partial charge in [0.2, 0.25) is 0 Å². The van der Waals surface area contributed by atoms with E-state index in [0.717, 1.165) is 6.54 Å². The standard InChI is InChI=1S/C15H28NO4P/c1-14(2,3)19-21(17,20-15(4,5)6)18-13-12-16-10-8-7-9-11-16/h7-10H,11-13H2,1-6H3. The quantitative estimate of drug-likeness (QED) is 0.689. The number of rotatable bonds is 6. The minimum Gasteiger partial charge on any atom is -0.371 e. The third-order valence-electron chi connectivity index (χ3n) is 2.28. The lowest BCUT2D eigenvalue weighted by atomic mass is 10.2. The molecule has 5 nitrogen and oxygen atoms in total. The molecule has 0 aliphatic carbocycles. The molecule has 6 heteroatoms. The molecule has 0 spiro atoms. The zero-order valence-electron chi connectivity index (χ0n) is 14.0. The van der Waals surface area contributed by atoms with Crippen LogP contribution in [0, 0.1) is 0 Å². The zero-order valence-corrected chi connectivity index (χ0v) is 14.9. The molecule has 0 saturated carbocycles. The van der Waals surface area contributed by atoms with E-state index in [1.165, 1.54) is 0 Å². The van der Waals surface area contributed by atoms with Crippen LogP contribution < -0.4 is 0 Å². The molecule has 0 saturated heterocycles. The molecule has 0 aromatic heterocycles. The number of nitrogens with zero attached hydrogens (tertiary/aromatic N) is 1. The van der Waals surface area contributed by atoms with Crippen molar-refractivity contribution in [2.24, 2.45) is 0 Å². The van der Waals surface area contributed by atoms with E-state index in [0.29, 0.717) is 6.54 Å². The fraction of sp³-hybridized carbons (Fsp3) is 0.733. The molecule has 0 amide bonds. The van der Waals surface area contributed by atoms with Gasteiger partial charge in [-0.3, -0.25) is 13.6 Å². The van der Waals surface area contributed by atoms with Gasteiger partial charge in [-0.25, -0.2) is 4.57 Å². The molecule has 0 aromatic rings. The normalized spacial score (nSPS) is 16.6. The fourth-order valence-electron chi connectivity index (χ4n) is 1.68. The molecule has 21 heavy (non-hydrogen) atoms. The van der Waals surface area contributed by atoms with Crippen LogP contribution in [0.4, 0.5) is 0 Å². The average molecular weight is 317 g/mol. The van der Waals surface area contributed by atoms with Crippen molar-refractivity contribution in [3.63, 3.8) is 0 Å². The predicted octanol–water partition coefficient (Wildman–Crippen LogP) is 4.13. The van der Waals surface area contributed by atoms with Crippen molar-refractivity contribution >= 4 is 7.82 Å². The second kappa shape index (κ2) is 7.10. The van der Waals surface area contributed by atoms with Gasteiger partial charge in [0.1, 0.15) is 0 Å². The van der Waals surface area contributed by atoms with E-state index in [9.17, 15) is 4.57 Å². The van der Waals surface area contributed by atoms with Crippen molar-refractivity contribution in [2.75, 3.05) is 19.7 Å². The Bertz CT molecular complexity index is 412. The zero-order chi connectivity index (χ0) is 16.1. The largest absolute Gasteiger partial charge is 0.475 e. The van der Waals surface area contributed by atoms with E-state index in [2.05, 4.69) is 11.0 Å². The molecule has 0 aromatic carbocycles. The molecular formula is C15H28NO4P. The number of phosphoric ester groups is 1. The summed E-state index contributed by atoms with van der Waals surface area (Å²) in [5.74, 6) is 0. The Morgan fingerprint density at radius 1 is 1.05 bits per heavy atom. The number of phosphoric acid groups is 1. The Morgan fingerprint density at radius 3 is 2.05 bits per heavy atom. The van der Waals surface area contributed by atoms with Gasteiger partial charge in [-0.15, -0.1) is 0 Å². The molecule has 0 unspecified atom stereocenters. The van der Waals surface area contributed by atoms with E-state index >= 15 is 0 Å². The lowest BCUT2D eigenvalue weighted by Crippen LogP contribution is -2.27. The molecule has 0 fully saturated rings. The summed E-state index contributed by atoms with van der Waals surface area (Å²) in [7, 11) is -3.60. The molecule has 1 heterocycles. The van der Waals surface area contributed by atoms with E-state index < -0.39 is 19.0 Å². The average Bonchev–Trinajstić information content (AvgIpc) is 2.24. The summed E-state index contributed by atoms with van der Waals surface area (Å²) in [6.07, 6.45) is 7.98. The smallest absolute Gasteiger partial charge is 0.371 e. The maximum absolute atomic E-state index is 12.8. The first-order chi connectivity index (χ1) is 9.49. The van der Waals surface area contributed by atoms with Crippen molar-refractivity contribution in [1.82, 2.24) is 4.90 Å². The molecular weight excluding hydrogens is 289 g/mol. The van der Waals surface area contributed by atoms with E-state index in [1.54, 1.807) is 0 Å². The van der Waals surface area contributed by atoms with Gasteiger partial charge in [0, 0.05) is 13.1 Å². The first-order valence-corrected chi connectivity index (χ1v) is 8.69. The summed E-state index contributed by atoms with van der Waals surface area (Å²) in [5.41, 5.74) is -1.21. The van der Waals surface area contributed by atoms with Crippen LogP contribution in [-0.2, 0) is 18.1 Å². The third-order valence-corrected chi connectivity index (χ3v) is 4.32. The van der Waals surface area contributed by atoms with Crippen molar-refractivity contribution in [1.29, 1.82) is 0 Å². The van der Waals surface area contributed by atoms with Gasteiger partial charge in [0.25, 0.3) is 0 Å². The summed E-state index contributed by atoms with van der Waals surface area (Å²) >= 11 is 0. The first-order valence-electron chi connectivity index (χ1n) is 7.23. The monoisotopic (exact) mass is 317 g/mol. The van der Waals surface area contributed by atoms with Crippen LogP contribution in [0.3, 0.4) is 0 Å². The Balaban J connectivity index is 2.58. The lowest BCUT2D eigenvalue weighted by Gasteiger charge is -2.31. The van der Waals surface area contributed by atoms with Gasteiger partial charge in [0.05, 0.1) is 17.8 Å². The maximum atomic E-state index is 12.8. The van der Waals surface area contributed by atoms with E-state index in [4.69, 9.17) is 13.6 Å². The van der Waals surface area contributed by atoms with Crippen LogP contribution in [0.15, 0.2) is 24.4 Å². The van der Waals surface area contributed by atoms with Gasteiger partial charge in [-0.05, 0) is 53.8 Å². The van der Waals surface area contributed by atoms with Gasteiger partial charge in [-0.1, -0.05) is 12.2 Å². The molecule has 1 rings (SSSR count). The van der Waals surface area contributed by atoms with Crippen LogP contribution in [0.2, 0.25) is 0 Å². The highest BCUT2D eigenvalue weighted by atomic mass is 31.2.